The van der Waals surface area contributed by atoms with Gasteiger partial charge in [0, 0.05) is 17.2 Å². The van der Waals surface area contributed by atoms with Crippen LogP contribution in [0.2, 0.25) is 0 Å². The van der Waals surface area contributed by atoms with Crippen LogP contribution in [-0.4, -0.2) is 31.4 Å². The van der Waals surface area contributed by atoms with Gasteiger partial charge in [-0.1, -0.05) is 59.9 Å². The molecule has 1 aliphatic heterocycles. The molecule has 0 saturated heterocycles. The molecule has 47 heavy (non-hydrogen) atoms. The molecular formula is C35H27F3N2O6S. The second-order valence-corrected chi connectivity index (χ2v) is 11.3. The first-order valence-corrected chi connectivity index (χ1v) is 15.2. The van der Waals surface area contributed by atoms with E-state index in [1.165, 1.54) is 43.1 Å². The fourth-order valence-electron chi connectivity index (χ4n) is 5.34. The zero-order chi connectivity index (χ0) is 33.3. The predicted molar refractivity (Wildman–Crippen MR) is 170 cm³/mol. The average Bonchev–Trinajstić information content (AvgIpc) is 3.67. The molecule has 5 aromatic rings. The number of alkyl halides is 3. The normalized spacial score (nSPS) is 14.9. The van der Waals surface area contributed by atoms with Gasteiger partial charge in [0.1, 0.15) is 11.5 Å². The topological polar surface area (TPSA) is 92.3 Å². The van der Waals surface area contributed by atoms with Crippen LogP contribution < -0.4 is 24.4 Å². The number of furan rings is 1. The van der Waals surface area contributed by atoms with Crippen molar-refractivity contribution in [1.29, 1.82) is 0 Å². The summed E-state index contributed by atoms with van der Waals surface area (Å²) >= 11 is 1.09. The highest BCUT2D eigenvalue weighted by Crippen LogP contribution is 2.38. The van der Waals surface area contributed by atoms with Gasteiger partial charge in [-0.3, -0.25) is 9.36 Å². The Kier molecular flexibility index (Phi) is 8.61. The molecule has 0 amide bonds. The molecule has 6 rings (SSSR count). The van der Waals surface area contributed by atoms with Crippen molar-refractivity contribution in [2.75, 3.05) is 20.8 Å². The summed E-state index contributed by atoms with van der Waals surface area (Å²) in [6.45, 7) is 1.79. The fraction of sp³-hybridized carbons (Fsp3) is 0.171. The quantitative estimate of drug-likeness (QED) is 0.183. The highest BCUT2D eigenvalue weighted by atomic mass is 32.1. The Morgan fingerprint density at radius 2 is 1.70 bits per heavy atom. The van der Waals surface area contributed by atoms with Crippen LogP contribution in [0, 0.1) is 0 Å². The molecule has 12 heteroatoms. The highest BCUT2D eigenvalue weighted by molar-refractivity contribution is 7.07. The number of halogens is 3. The van der Waals surface area contributed by atoms with Gasteiger partial charge in [0.15, 0.2) is 16.3 Å². The molecule has 3 aromatic carbocycles. The van der Waals surface area contributed by atoms with E-state index in [-0.39, 0.29) is 33.8 Å². The molecule has 1 aliphatic rings. The van der Waals surface area contributed by atoms with E-state index in [2.05, 4.69) is 0 Å². The van der Waals surface area contributed by atoms with Crippen molar-refractivity contribution in [3.05, 3.63) is 133 Å². The average molecular weight is 661 g/mol. The summed E-state index contributed by atoms with van der Waals surface area (Å²) < 4.78 is 63.9. The van der Waals surface area contributed by atoms with Gasteiger partial charge in [0.25, 0.3) is 5.56 Å². The van der Waals surface area contributed by atoms with Gasteiger partial charge in [0.05, 0.1) is 48.2 Å². The van der Waals surface area contributed by atoms with Gasteiger partial charge < -0.3 is 18.6 Å². The van der Waals surface area contributed by atoms with E-state index >= 15 is 0 Å². The number of aromatic nitrogens is 1. The van der Waals surface area contributed by atoms with Crippen molar-refractivity contribution < 1.29 is 36.6 Å². The van der Waals surface area contributed by atoms with Crippen LogP contribution in [0.5, 0.6) is 11.5 Å². The first-order valence-electron chi connectivity index (χ1n) is 14.4. The second kappa shape index (κ2) is 12.8. The number of esters is 1. The third-order valence-electron chi connectivity index (χ3n) is 7.47. The molecule has 3 heterocycles. The summed E-state index contributed by atoms with van der Waals surface area (Å²) in [6, 6.07) is 21.2. The van der Waals surface area contributed by atoms with Crippen molar-refractivity contribution >= 4 is 29.1 Å². The van der Waals surface area contributed by atoms with Gasteiger partial charge in [0.2, 0.25) is 0 Å². The van der Waals surface area contributed by atoms with E-state index in [1.807, 2.05) is 30.3 Å². The number of ether oxygens (including phenoxy) is 3. The predicted octanol–water partition coefficient (Wildman–Crippen LogP) is 6.23. The molecule has 1 atom stereocenters. The van der Waals surface area contributed by atoms with Crippen molar-refractivity contribution in [3.63, 3.8) is 0 Å². The third-order valence-corrected chi connectivity index (χ3v) is 8.45. The Morgan fingerprint density at radius 3 is 2.40 bits per heavy atom. The minimum atomic E-state index is -4.51. The lowest BCUT2D eigenvalue weighted by molar-refractivity contribution is -0.139. The fourth-order valence-corrected chi connectivity index (χ4v) is 6.32. The standard InChI is InChI=1S/C35H27F3N2O6S/c1-4-45-33(42)29-30(20-9-6-5-7-10-20)39-34-40(31(29)22-13-15-26(43-2)27(18-22)44-3)32(41)28(47-34)19-24-14-16-25(46-24)21-11-8-12-23(17-21)35(36,37)38/h5-19,31H,4H2,1-3H3/b28-19+/t31-/m0/s1. The molecule has 8 nitrogen and oxygen atoms in total. The van der Waals surface area contributed by atoms with E-state index < -0.39 is 29.3 Å². The van der Waals surface area contributed by atoms with Crippen LogP contribution in [0.1, 0.15) is 35.4 Å². The minimum absolute atomic E-state index is 0.0974. The molecule has 0 aliphatic carbocycles. The highest BCUT2D eigenvalue weighted by Gasteiger charge is 2.36. The Balaban J connectivity index is 1.55. The Morgan fingerprint density at radius 1 is 0.957 bits per heavy atom. The minimum Gasteiger partial charge on any atom is -0.493 e. The molecule has 240 valence electrons. The zero-order valence-corrected chi connectivity index (χ0v) is 26.1. The molecule has 0 spiro atoms. The van der Waals surface area contributed by atoms with Crippen LogP contribution in [0.3, 0.4) is 0 Å². The second-order valence-electron chi connectivity index (χ2n) is 10.3. The molecule has 0 fully saturated rings. The summed E-state index contributed by atoms with van der Waals surface area (Å²) in [5, 5.41) is 0. The molecule has 2 aromatic heterocycles. The van der Waals surface area contributed by atoms with E-state index in [1.54, 1.807) is 31.2 Å². The first kappa shape index (κ1) is 31.6. The maximum Gasteiger partial charge on any atom is 0.416 e. The largest absolute Gasteiger partial charge is 0.493 e. The van der Waals surface area contributed by atoms with E-state index in [9.17, 15) is 22.8 Å². The summed E-state index contributed by atoms with van der Waals surface area (Å²) in [7, 11) is 2.99. The van der Waals surface area contributed by atoms with Gasteiger partial charge in [-0.05, 0) is 48.9 Å². The summed E-state index contributed by atoms with van der Waals surface area (Å²) in [5.41, 5.74) is 0.681. The van der Waals surface area contributed by atoms with Crippen LogP contribution >= 0.6 is 11.3 Å². The Labute approximate surface area is 270 Å². The zero-order valence-electron chi connectivity index (χ0n) is 25.3. The van der Waals surface area contributed by atoms with Gasteiger partial charge >= 0.3 is 12.1 Å². The van der Waals surface area contributed by atoms with Gasteiger partial charge in [-0.2, -0.15) is 13.2 Å². The maximum absolute atomic E-state index is 14.2. The maximum atomic E-state index is 14.2. The number of hydrogen-bond acceptors (Lipinski definition) is 8. The number of fused-ring (bicyclic) bond motifs is 1. The molecule has 0 N–H and O–H groups in total. The number of hydrogen-bond donors (Lipinski definition) is 0. The number of rotatable bonds is 8. The SMILES string of the molecule is CCOC(=O)C1=C(c2ccccc2)N=c2s/c(=C/c3ccc(-c4cccc(C(F)(F)F)c4)o3)c(=O)n2[C@H]1c1ccc(OC)c(OC)c1. The molecule has 0 bridgehead atoms. The number of nitrogens with zero attached hydrogens (tertiary/aromatic N) is 2. The van der Waals surface area contributed by atoms with Crippen LogP contribution in [0.4, 0.5) is 13.2 Å². The Hall–Kier alpha value is -5.36. The smallest absolute Gasteiger partial charge is 0.416 e. The number of methoxy groups -OCH3 is 2. The van der Waals surface area contributed by atoms with Gasteiger partial charge in [-0.15, -0.1) is 0 Å². The monoisotopic (exact) mass is 660 g/mol. The first-order chi connectivity index (χ1) is 22.6. The van der Waals surface area contributed by atoms with Crippen molar-refractivity contribution in [2.24, 2.45) is 4.99 Å². The molecular weight excluding hydrogens is 633 g/mol. The van der Waals surface area contributed by atoms with E-state index in [0.717, 1.165) is 23.5 Å². The number of benzene rings is 3. The lowest BCUT2D eigenvalue weighted by Gasteiger charge is -2.26. The number of thiazole rings is 1. The van der Waals surface area contributed by atoms with Crippen LogP contribution in [0.15, 0.2) is 105 Å². The molecule has 0 unspecified atom stereocenters. The lowest BCUT2D eigenvalue weighted by atomic mass is 9.93. The molecule has 0 radical (unpaired) electrons. The molecule has 0 saturated carbocycles. The summed E-state index contributed by atoms with van der Waals surface area (Å²) in [6.07, 6.45) is -3.01. The van der Waals surface area contributed by atoms with Crippen molar-refractivity contribution in [3.8, 4) is 22.8 Å². The number of carbonyl (C=O) groups is 1. The number of carbonyl (C=O) groups excluding carboxylic acids is 1. The van der Waals surface area contributed by atoms with Crippen molar-refractivity contribution in [2.45, 2.75) is 19.1 Å². The Bertz CT molecular complexity index is 2180. The summed E-state index contributed by atoms with van der Waals surface area (Å²) in [5.74, 6) is 0.669. The van der Waals surface area contributed by atoms with Crippen LogP contribution in [0.25, 0.3) is 23.1 Å². The summed E-state index contributed by atoms with van der Waals surface area (Å²) in [4.78, 5) is 33.0. The third kappa shape index (κ3) is 6.11. The lowest BCUT2D eigenvalue weighted by Crippen LogP contribution is -2.40. The van der Waals surface area contributed by atoms with Crippen LogP contribution in [-0.2, 0) is 15.7 Å². The van der Waals surface area contributed by atoms with E-state index in [4.69, 9.17) is 23.6 Å². The van der Waals surface area contributed by atoms with Crippen molar-refractivity contribution in [1.82, 2.24) is 4.57 Å². The van der Waals surface area contributed by atoms with E-state index in [0.29, 0.717) is 33.1 Å². The van der Waals surface area contributed by atoms with Gasteiger partial charge in [-0.25, -0.2) is 9.79 Å².